The van der Waals surface area contributed by atoms with Crippen LogP contribution < -0.4 is 10.2 Å². The van der Waals surface area contributed by atoms with Gasteiger partial charge in [-0.15, -0.1) is 11.3 Å². The van der Waals surface area contributed by atoms with E-state index in [1.54, 1.807) is 11.3 Å². The van der Waals surface area contributed by atoms with Gasteiger partial charge in [0.05, 0.1) is 34.8 Å². The quantitative estimate of drug-likeness (QED) is 0.372. The second-order valence-electron chi connectivity index (χ2n) is 11.7. The molecule has 1 aliphatic heterocycles. The largest absolute Gasteiger partial charge is 0.395 e. The number of nitrogens with zero attached hydrogens (tertiary/aromatic N) is 3. The maximum Gasteiger partial charge on any atom is 0.225 e. The van der Waals surface area contributed by atoms with Gasteiger partial charge in [0, 0.05) is 36.0 Å². The van der Waals surface area contributed by atoms with E-state index in [-0.39, 0.29) is 24.3 Å². The second-order valence-corrected chi connectivity index (χ2v) is 15.1. The van der Waals surface area contributed by atoms with Crippen LogP contribution in [0.5, 0.6) is 0 Å². The van der Waals surface area contributed by atoms with E-state index in [9.17, 15) is 24.3 Å². The van der Waals surface area contributed by atoms with Gasteiger partial charge in [0.2, 0.25) is 5.91 Å². The summed E-state index contributed by atoms with van der Waals surface area (Å²) >= 11 is 1.59. The van der Waals surface area contributed by atoms with Crippen LogP contribution >= 0.6 is 21.9 Å². The fourth-order valence-corrected chi connectivity index (χ4v) is 7.91. The molecule has 10 heteroatoms. The van der Waals surface area contributed by atoms with E-state index in [1.165, 1.54) is 0 Å². The van der Waals surface area contributed by atoms with Crippen LogP contribution in [0.25, 0.3) is 10.4 Å². The number of carbonyl (C=O) groups is 1. The average Bonchev–Trinajstić information content (AvgIpc) is 3.54. The van der Waals surface area contributed by atoms with Crippen molar-refractivity contribution < 1.29 is 19.0 Å². The summed E-state index contributed by atoms with van der Waals surface area (Å²) in [6, 6.07) is 10.6. The van der Waals surface area contributed by atoms with Crippen LogP contribution in [-0.4, -0.2) is 61.8 Å². The highest BCUT2D eigenvalue weighted by Gasteiger charge is 2.47. The molecule has 206 valence electrons. The number of rotatable bonds is 7. The summed E-state index contributed by atoms with van der Waals surface area (Å²) in [5, 5.41) is 23.5. The number of nitriles is 1. The Morgan fingerprint density at radius 2 is 1.87 bits per heavy atom. The van der Waals surface area contributed by atoms with Gasteiger partial charge in [-0.3, -0.25) is 13.9 Å². The third-order valence-electron chi connectivity index (χ3n) is 8.28. The van der Waals surface area contributed by atoms with Gasteiger partial charge >= 0.3 is 0 Å². The van der Waals surface area contributed by atoms with Gasteiger partial charge in [-0.2, -0.15) is 15.9 Å². The first-order chi connectivity index (χ1) is 18.1. The molecule has 1 aromatic carbocycles. The lowest BCUT2D eigenvalue weighted by atomic mass is 9.76. The topological polar surface area (TPSA) is 130 Å². The van der Waals surface area contributed by atoms with Gasteiger partial charge in [0.25, 0.3) is 0 Å². The number of thiazole rings is 1. The molecule has 2 aromatic rings. The predicted molar refractivity (Wildman–Crippen MR) is 153 cm³/mol. The molecule has 38 heavy (non-hydrogen) atoms. The van der Waals surface area contributed by atoms with E-state index in [0.717, 1.165) is 52.5 Å². The molecule has 3 fully saturated rings. The van der Waals surface area contributed by atoms with Crippen molar-refractivity contribution in [3.63, 3.8) is 0 Å². The van der Waals surface area contributed by atoms with E-state index >= 15 is 0 Å². The van der Waals surface area contributed by atoms with Gasteiger partial charge in [-0.05, 0) is 43.4 Å². The van der Waals surface area contributed by atoms with Crippen LogP contribution in [0.2, 0.25) is 0 Å². The number of benzene rings is 1. The summed E-state index contributed by atoms with van der Waals surface area (Å²) in [4.78, 5) is 21.7. The molecule has 0 spiro atoms. The van der Waals surface area contributed by atoms with Gasteiger partial charge in [0.1, 0.15) is 10.5 Å². The molecular formula is C28H38N4O4S2. The molecule has 1 amide bonds. The zero-order chi connectivity index (χ0) is 27.1. The smallest absolute Gasteiger partial charge is 0.225 e. The molecule has 0 radical (unpaired) electrons. The van der Waals surface area contributed by atoms with E-state index < -0.39 is 21.5 Å². The van der Waals surface area contributed by atoms with E-state index in [1.807, 2.05) is 13.8 Å². The van der Waals surface area contributed by atoms with Gasteiger partial charge < -0.3 is 15.3 Å². The lowest BCUT2D eigenvalue weighted by molar-refractivity contribution is -0.127. The van der Waals surface area contributed by atoms with Crippen molar-refractivity contribution in [2.24, 2.45) is 5.92 Å². The van der Waals surface area contributed by atoms with Gasteiger partial charge in [-0.25, -0.2) is 4.98 Å². The molecule has 0 bridgehead atoms. The molecule has 1 aromatic heterocycles. The molecule has 2 aliphatic carbocycles. The molecule has 2 saturated carbocycles. The Morgan fingerprint density at radius 1 is 1.21 bits per heavy atom. The van der Waals surface area contributed by atoms with Crippen molar-refractivity contribution in [3.8, 4) is 16.5 Å². The number of carbonyl (C=O) groups excluding carboxylic acids is 1. The average molecular weight is 559 g/mol. The van der Waals surface area contributed by atoms with Crippen LogP contribution in [0.3, 0.4) is 0 Å². The number of aromatic nitrogens is 1. The molecule has 0 unspecified atom stereocenters. The number of anilines is 1. The highest BCUT2D eigenvalue weighted by atomic mass is 32.3. The molecule has 1 saturated heterocycles. The zero-order valence-electron chi connectivity index (χ0n) is 22.2. The molecule has 8 nitrogen and oxygen atoms in total. The molecule has 4 N–H and O–H groups in total. The SMILES string of the molecule is CC(C)(CO)c1nc([C@@H]2CCCC[C@H]2C(=O)NC2(C#N)CC2)c(-c2ccc(N3CCS(O)(O)CC3)cc2)s1. The number of hydrogen-bond donors (Lipinski definition) is 4. The Labute approximate surface area is 230 Å². The van der Waals surface area contributed by atoms with E-state index in [0.29, 0.717) is 37.4 Å². The number of nitrogens with one attached hydrogen (secondary N) is 1. The minimum absolute atomic E-state index is 0.0221. The Bertz CT molecular complexity index is 1210. The van der Waals surface area contributed by atoms with Crippen LogP contribution in [0.4, 0.5) is 5.69 Å². The fourth-order valence-electron chi connectivity index (χ4n) is 5.45. The predicted octanol–water partition coefficient (Wildman–Crippen LogP) is 5.10. The number of amides is 1. The highest BCUT2D eigenvalue weighted by Crippen LogP contribution is 2.47. The number of aliphatic hydroxyl groups excluding tert-OH is 1. The van der Waals surface area contributed by atoms with Gasteiger partial charge in [-0.1, -0.05) is 38.8 Å². The van der Waals surface area contributed by atoms with Crippen molar-refractivity contribution in [3.05, 3.63) is 35.0 Å². The van der Waals surface area contributed by atoms with E-state index in [4.69, 9.17) is 4.98 Å². The minimum Gasteiger partial charge on any atom is -0.395 e. The summed E-state index contributed by atoms with van der Waals surface area (Å²) in [6.07, 6.45) is 5.09. The summed E-state index contributed by atoms with van der Waals surface area (Å²) in [7, 11) is -2.45. The molecule has 3 aliphatic rings. The number of aliphatic hydroxyl groups is 1. The molecule has 2 atom stereocenters. The van der Waals surface area contributed by atoms with Crippen LogP contribution in [0, 0.1) is 17.2 Å². The van der Waals surface area contributed by atoms with Crippen LogP contribution in [0.15, 0.2) is 24.3 Å². The van der Waals surface area contributed by atoms with Crippen molar-refractivity contribution >= 4 is 33.5 Å². The van der Waals surface area contributed by atoms with Crippen LogP contribution in [-0.2, 0) is 10.2 Å². The summed E-state index contributed by atoms with van der Waals surface area (Å²) in [5.74, 6) is 0.478. The molecule has 5 rings (SSSR count). The molecule has 2 heterocycles. The first kappa shape index (κ1) is 27.4. The third kappa shape index (κ3) is 5.58. The van der Waals surface area contributed by atoms with Crippen molar-refractivity contribution in [1.29, 1.82) is 5.26 Å². The first-order valence-electron chi connectivity index (χ1n) is 13.5. The maximum absolute atomic E-state index is 13.4. The maximum atomic E-state index is 13.4. The Kier molecular flexibility index (Phi) is 7.52. The highest BCUT2D eigenvalue weighted by molar-refractivity contribution is 8.24. The van der Waals surface area contributed by atoms with Gasteiger partial charge in [0.15, 0.2) is 0 Å². The lowest BCUT2D eigenvalue weighted by Gasteiger charge is -2.41. The molecular weight excluding hydrogens is 520 g/mol. The van der Waals surface area contributed by atoms with Crippen LogP contribution in [0.1, 0.15) is 69.0 Å². The Hall–Kier alpha value is -2.16. The number of hydrogen-bond acceptors (Lipinski definition) is 8. The summed E-state index contributed by atoms with van der Waals surface area (Å²) in [5.41, 5.74) is 1.81. The zero-order valence-corrected chi connectivity index (χ0v) is 23.8. The lowest BCUT2D eigenvalue weighted by Crippen LogP contribution is -2.42. The standard InChI is InChI=1S/C28H38N4O4S2/c1-27(2,18-33)26-30-23(21-5-3-4-6-22(21)25(34)31-28(17-29)11-12-28)24(37-26)19-7-9-20(10-8-19)32-13-15-38(35,36)16-14-32/h7-10,21-22,33,35-36H,3-6,11-16,18H2,1-2H3,(H,31,34)/t21-,22-/m1/s1. The Balaban J connectivity index is 1.46. The normalized spacial score (nSPS) is 25.3. The van der Waals surface area contributed by atoms with Crippen molar-refractivity contribution in [2.45, 2.75) is 69.2 Å². The van der Waals surface area contributed by atoms with Crippen molar-refractivity contribution in [1.82, 2.24) is 10.3 Å². The summed E-state index contributed by atoms with van der Waals surface area (Å²) in [6.45, 7) is 5.18. The Morgan fingerprint density at radius 3 is 2.47 bits per heavy atom. The first-order valence-corrected chi connectivity index (χ1v) is 16.2. The minimum atomic E-state index is -2.45. The van der Waals surface area contributed by atoms with E-state index in [2.05, 4.69) is 40.6 Å². The summed E-state index contributed by atoms with van der Waals surface area (Å²) < 4.78 is 19.9. The fraction of sp³-hybridized carbons (Fsp3) is 0.607. The third-order valence-corrected chi connectivity index (χ3v) is 11.4. The second kappa shape index (κ2) is 10.4. The van der Waals surface area contributed by atoms with Crippen molar-refractivity contribution in [2.75, 3.05) is 36.1 Å². The monoisotopic (exact) mass is 558 g/mol.